The quantitative estimate of drug-likeness (QED) is 0.380. The number of hydrogen-bond donors (Lipinski definition) is 2. The number of nitrogens with one attached hydrogen (secondary N) is 1. The van der Waals surface area contributed by atoms with Gasteiger partial charge in [0.1, 0.15) is 5.75 Å². The number of halogens is 1. The molecule has 0 amide bonds. The maximum Gasteiger partial charge on any atom is 0.196 e. The second-order valence-electron chi connectivity index (χ2n) is 7.87. The van der Waals surface area contributed by atoms with E-state index >= 15 is 0 Å². The van der Waals surface area contributed by atoms with Crippen LogP contribution in [0.4, 0.5) is 5.69 Å². The van der Waals surface area contributed by atoms with Crippen LogP contribution in [-0.4, -0.2) is 22.2 Å². The maximum absolute atomic E-state index is 10.6. The van der Waals surface area contributed by atoms with E-state index in [2.05, 4.69) is 11.1 Å². The topological polar surface area (TPSA) is 70.5 Å². The van der Waals surface area contributed by atoms with Gasteiger partial charge in [0.25, 0.3) is 0 Å². The summed E-state index contributed by atoms with van der Waals surface area (Å²) in [6, 6.07) is 23.3. The van der Waals surface area contributed by atoms with E-state index in [0.29, 0.717) is 15.9 Å². The van der Waals surface area contributed by atoms with Gasteiger partial charge in [0.2, 0.25) is 0 Å². The number of aromatic hydroxyl groups is 1. The molecular formula is C27H18ClN3O2. The zero-order valence-electron chi connectivity index (χ0n) is 17.6. The lowest BCUT2D eigenvalue weighted by molar-refractivity contribution is 0.415. The first kappa shape index (κ1) is 19.6. The van der Waals surface area contributed by atoms with E-state index in [0.717, 1.165) is 50.1 Å². The Kier molecular flexibility index (Phi) is 4.45. The van der Waals surface area contributed by atoms with Crippen LogP contribution in [0, 0.1) is 0 Å². The molecule has 0 saturated carbocycles. The summed E-state index contributed by atoms with van der Waals surface area (Å²) in [4.78, 5) is 12.8. The predicted octanol–water partition coefficient (Wildman–Crippen LogP) is 5.36. The molecule has 0 aliphatic carbocycles. The second kappa shape index (κ2) is 7.50. The average Bonchev–Trinajstić information content (AvgIpc) is 3.36. The number of H-pyrrole nitrogens is 1. The molecule has 160 valence electrons. The first-order valence-electron chi connectivity index (χ1n) is 10.5. The lowest BCUT2D eigenvalue weighted by Gasteiger charge is -2.06. The highest BCUT2D eigenvalue weighted by Crippen LogP contribution is 2.34. The highest BCUT2D eigenvalue weighted by atomic mass is 35.5. The van der Waals surface area contributed by atoms with E-state index in [9.17, 15) is 5.11 Å². The van der Waals surface area contributed by atoms with Crippen molar-refractivity contribution in [3.05, 3.63) is 94.1 Å². The summed E-state index contributed by atoms with van der Waals surface area (Å²) >= 11 is 6.22. The fraction of sp³-hybridized carbons (Fsp3) is 0.0370. The third-order valence-corrected chi connectivity index (χ3v) is 6.11. The molecule has 0 saturated heterocycles. The summed E-state index contributed by atoms with van der Waals surface area (Å²) in [7, 11) is 1.65. The SMILES string of the molecule is COc1ccc(-c2n/c(=C\c3c(O)[nH]c4ccc(Cl)cc34)cc3c2=Nc2ccccc2-3)cc1. The van der Waals surface area contributed by atoms with Gasteiger partial charge in [-0.25, -0.2) is 9.98 Å². The normalized spacial score (nSPS) is 12.5. The Balaban J connectivity index is 1.64. The number of aromatic nitrogens is 2. The number of hydrogen-bond acceptors (Lipinski definition) is 4. The standard InChI is InChI=1S/C27H18ClN3O2/c1-33-18-9-6-15(7-10-18)25-26-21(19-4-2-3-5-23(19)30-26)13-17(29-25)14-22-20-12-16(28)8-11-24(20)31-27(22)32/h2-14,31-32H,1H3/b17-14-. The zero-order chi connectivity index (χ0) is 22.5. The monoisotopic (exact) mass is 451 g/mol. The molecule has 2 N–H and O–H groups in total. The molecule has 0 atom stereocenters. The van der Waals surface area contributed by atoms with E-state index in [-0.39, 0.29) is 5.88 Å². The smallest absolute Gasteiger partial charge is 0.196 e. The van der Waals surface area contributed by atoms with Crippen molar-refractivity contribution in [3.63, 3.8) is 0 Å². The highest BCUT2D eigenvalue weighted by molar-refractivity contribution is 6.31. The summed E-state index contributed by atoms with van der Waals surface area (Å²) < 4.78 is 5.31. The van der Waals surface area contributed by atoms with Gasteiger partial charge < -0.3 is 14.8 Å². The molecule has 33 heavy (non-hydrogen) atoms. The van der Waals surface area contributed by atoms with E-state index in [1.54, 1.807) is 13.2 Å². The van der Waals surface area contributed by atoms with Crippen LogP contribution in [0.15, 0.2) is 77.8 Å². The van der Waals surface area contributed by atoms with E-state index in [1.165, 1.54) is 0 Å². The van der Waals surface area contributed by atoms with Crippen molar-refractivity contribution in [2.24, 2.45) is 4.99 Å². The van der Waals surface area contributed by atoms with Crippen molar-refractivity contribution in [3.8, 4) is 34.0 Å². The number of methoxy groups -OCH3 is 1. The van der Waals surface area contributed by atoms with E-state index < -0.39 is 0 Å². The van der Waals surface area contributed by atoms with Crippen molar-refractivity contribution in [2.45, 2.75) is 0 Å². The van der Waals surface area contributed by atoms with Crippen LogP contribution in [0.5, 0.6) is 11.6 Å². The molecule has 0 fully saturated rings. The fourth-order valence-electron chi connectivity index (χ4n) is 4.28. The number of para-hydroxylation sites is 1. The first-order chi connectivity index (χ1) is 16.1. The minimum Gasteiger partial charge on any atom is -0.497 e. The van der Waals surface area contributed by atoms with Gasteiger partial charge in [-0.15, -0.1) is 0 Å². The van der Waals surface area contributed by atoms with Crippen molar-refractivity contribution in [2.75, 3.05) is 7.11 Å². The molecule has 6 rings (SSSR count). The lowest BCUT2D eigenvalue weighted by Crippen LogP contribution is -2.19. The van der Waals surface area contributed by atoms with Gasteiger partial charge in [0, 0.05) is 38.2 Å². The summed E-state index contributed by atoms with van der Waals surface area (Å²) in [6.07, 6.45) is 1.87. The van der Waals surface area contributed by atoms with Gasteiger partial charge in [-0.1, -0.05) is 29.8 Å². The van der Waals surface area contributed by atoms with E-state index in [1.807, 2.05) is 66.7 Å². The molecule has 6 heteroatoms. The van der Waals surface area contributed by atoms with Crippen LogP contribution in [0.3, 0.4) is 0 Å². The molecular weight excluding hydrogens is 434 g/mol. The summed E-state index contributed by atoms with van der Waals surface area (Å²) in [5.41, 5.74) is 6.15. The van der Waals surface area contributed by atoms with Gasteiger partial charge in [-0.2, -0.15) is 0 Å². The van der Waals surface area contributed by atoms with Crippen molar-refractivity contribution < 1.29 is 9.84 Å². The molecule has 0 spiro atoms. The Bertz CT molecular complexity index is 1670. The van der Waals surface area contributed by atoms with Gasteiger partial charge >= 0.3 is 0 Å². The Morgan fingerprint density at radius 1 is 0.970 bits per heavy atom. The molecule has 5 nitrogen and oxygen atoms in total. The van der Waals surface area contributed by atoms with Crippen molar-refractivity contribution >= 4 is 34.3 Å². The fourth-order valence-corrected chi connectivity index (χ4v) is 4.46. The van der Waals surface area contributed by atoms with Gasteiger partial charge in [-0.05, 0) is 60.7 Å². The molecule has 0 radical (unpaired) electrons. The Morgan fingerprint density at radius 2 is 1.79 bits per heavy atom. The van der Waals surface area contributed by atoms with Crippen LogP contribution in [-0.2, 0) is 0 Å². The van der Waals surface area contributed by atoms with Crippen LogP contribution >= 0.6 is 11.6 Å². The molecule has 3 aromatic carbocycles. The zero-order valence-corrected chi connectivity index (χ0v) is 18.4. The first-order valence-corrected chi connectivity index (χ1v) is 10.8. The minimum absolute atomic E-state index is 0.0747. The Morgan fingerprint density at radius 3 is 2.61 bits per heavy atom. The third kappa shape index (κ3) is 3.25. The van der Waals surface area contributed by atoms with Crippen LogP contribution in [0.2, 0.25) is 5.02 Å². The number of aromatic amines is 1. The Labute approximate surface area is 194 Å². The molecule has 0 unspecified atom stereocenters. The number of nitrogens with zero attached hydrogens (tertiary/aromatic N) is 2. The molecule has 5 aromatic rings. The van der Waals surface area contributed by atoms with Crippen LogP contribution in [0.25, 0.3) is 39.4 Å². The average molecular weight is 452 g/mol. The second-order valence-corrected chi connectivity index (χ2v) is 8.31. The third-order valence-electron chi connectivity index (χ3n) is 5.87. The highest BCUT2D eigenvalue weighted by Gasteiger charge is 2.18. The van der Waals surface area contributed by atoms with Gasteiger partial charge in [-0.3, -0.25) is 0 Å². The Hall–Kier alpha value is -4.09. The molecule has 1 aliphatic rings. The number of rotatable bonds is 3. The van der Waals surface area contributed by atoms with Gasteiger partial charge in [0.05, 0.1) is 29.2 Å². The summed E-state index contributed by atoms with van der Waals surface area (Å²) in [5.74, 6) is 0.851. The van der Waals surface area contributed by atoms with E-state index in [4.69, 9.17) is 26.3 Å². The maximum atomic E-state index is 10.6. The molecule has 3 heterocycles. The predicted molar refractivity (Wildman–Crippen MR) is 131 cm³/mol. The van der Waals surface area contributed by atoms with Crippen molar-refractivity contribution in [1.29, 1.82) is 0 Å². The van der Waals surface area contributed by atoms with Crippen molar-refractivity contribution in [1.82, 2.24) is 9.97 Å². The number of benzene rings is 3. The van der Waals surface area contributed by atoms with Crippen LogP contribution in [0.1, 0.15) is 5.56 Å². The number of ether oxygens (including phenoxy) is 1. The lowest BCUT2D eigenvalue weighted by atomic mass is 10.0. The number of pyridine rings is 1. The minimum atomic E-state index is 0.0747. The number of fused-ring (bicyclic) bond motifs is 4. The molecule has 0 bridgehead atoms. The molecule has 1 aliphatic heterocycles. The van der Waals surface area contributed by atoms with Gasteiger partial charge in [0.15, 0.2) is 5.88 Å². The largest absolute Gasteiger partial charge is 0.497 e. The molecule has 2 aromatic heterocycles. The van der Waals surface area contributed by atoms with Crippen LogP contribution < -0.4 is 15.4 Å². The summed E-state index contributed by atoms with van der Waals surface area (Å²) in [5, 5.41) is 13.6. The summed E-state index contributed by atoms with van der Waals surface area (Å²) in [6.45, 7) is 0.